The van der Waals surface area contributed by atoms with Crippen LogP contribution in [0.3, 0.4) is 0 Å². The van der Waals surface area contributed by atoms with Crippen LogP contribution in [0.5, 0.6) is 0 Å². The van der Waals surface area contributed by atoms with Crippen molar-refractivity contribution in [2.45, 2.75) is 39.8 Å². The van der Waals surface area contributed by atoms with Crippen molar-refractivity contribution in [3.8, 4) is 0 Å². The number of alkyl carbamates (subject to hydrolysis) is 1. The molecule has 0 atom stereocenters. The van der Waals surface area contributed by atoms with E-state index in [1.54, 1.807) is 13.1 Å². The first-order valence-electron chi connectivity index (χ1n) is 8.78. The standard InChI is InChI=1S/C19H27FN4O3.HI/c1-12-14-10-13(20)6-7-15(14)26-16(12)11-24-17(21-5)22-8-9-23-18(25)27-19(2,3)4;/h6-7,10H,8-9,11H2,1-5H3,(H,23,25)(H2,21,22,24);1H. The maximum Gasteiger partial charge on any atom is 0.407 e. The van der Waals surface area contributed by atoms with Gasteiger partial charge in [0, 0.05) is 31.1 Å². The summed E-state index contributed by atoms with van der Waals surface area (Å²) in [5.41, 5.74) is 1.01. The van der Waals surface area contributed by atoms with Gasteiger partial charge in [0.1, 0.15) is 22.8 Å². The molecule has 0 unspecified atom stereocenters. The van der Waals surface area contributed by atoms with Crippen molar-refractivity contribution in [3.63, 3.8) is 0 Å². The van der Waals surface area contributed by atoms with Gasteiger partial charge in [-0.1, -0.05) is 0 Å². The molecule has 0 saturated heterocycles. The van der Waals surface area contributed by atoms with E-state index < -0.39 is 11.7 Å². The lowest BCUT2D eigenvalue weighted by Crippen LogP contribution is -2.42. The van der Waals surface area contributed by atoms with Gasteiger partial charge >= 0.3 is 6.09 Å². The second-order valence-electron chi connectivity index (χ2n) is 7.07. The molecule has 0 radical (unpaired) electrons. The Hall–Kier alpha value is -2.04. The number of carbonyl (C=O) groups is 1. The summed E-state index contributed by atoms with van der Waals surface area (Å²) in [4.78, 5) is 15.7. The summed E-state index contributed by atoms with van der Waals surface area (Å²) in [7, 11) is 1.65. The molecule has 3 N–H and O–H groups in total. The third kappa shape index (κ3) is 7.17. The van der Waals surface area contributed by atoms with Gasteiger partial charge in [-0.05, 0) is 45.9 Å². The number of benzene rings is 1. The van der Waals surface area contributed by atoms with Gasteiger partial charge in [0.15, 0.2) is 5.96 Å². The third-order valence-electron chi connectivity index (χ3n) is 3.72. The van der Waals surface area contributed by atoms with Crippen molar-refractivity contribution < 1.29 is 18.3 Å². The van der Waals surface area contributed by atoms with Crippen LogP contribution in [-0.2, 0) is 11.3 Å². The molecule has 0 fully saturated rings. The number of rotatable bonds is 5. The van der Waals surface area contributed by atoms with E-state index in [-0.39, 0.29) is 29.8 Å². The number of amides is 1. The number of furan rings is 1. The molecule has 1 heterocycles. The minimum Gasteiger partial charge on any atom is -0.459 e. The van der Waals surface area contributed by atoms with E-state index in [1.165, 1.54) is 12.1 Å². The topological polar surface area (TPSA) is 87.9 Å². The maximum absolute atomic E-state index is 13.4. The Balaban J connectivity index is 0.00000392. The third-order valence-corrected chi connectivity index (χ3v) is 3.72. The van der Waals surface area contributed by atoms with Gasteiger partial charge < -0.3 is 25.1 Å². The highest BCUT2D eigenvalue weighted by molar-refractivity contribution is 14.0. The summed E-state index contributed by atoms with van der Waals surface area (Å²) in [6, 6.07) is 4.46. The van der Waals surface area contributed by atoms with Crippen molar-refractivity contribution in [2.75, 3.05) is 20.1 Å². The number of aliphatic imine (C=N–C) groups is 1. The van der Waals surface area contributed by atoms with E-state index in [0.29, 0.717) is 36.9 Å². The first kappa shape index (κ1) is 24.0. The molecule has 2 aromatic rings. The van der Waals surface area contributed by atoms with Crippen LogP contribution in [0.1, 0.15) is 32.1 Å². The van der Waals surface area contributed by atoms with E-state index in [9.17, 15) is 9.18 Å². The first-order chi connectivity index (χ1) is 12.7. The van der Waals surface area contributed by atoms with Crippen LogP contribution in [-0.4, -0.2) is 37.8 Å². The van der Waals surface area contributed by atoms with Crippen LogP contribution in [0.15, 0.2) is 27.6 Å². The summed E-state index contributed by atoms with van der Waals surface area (Å²) in [6.45, 7) is 8.59. The molecule has 1 aromatic carbocycles. The molecule has 156 valence electrons. The number of ether oxygens (including phenoxy) is 1. The van der Waals surface area contributed by atoms with Crippen molar-refractivity contribution in [2.24, 2.45) is 4.99 Å². The summed E-state index contributed by atoms with van der Waals surface area (Å²) in [5.74, 6) is 0.985. The van der Waals surface area contributed by atoms with E-state index in [1.807, 2.05) is 27.7 Å². The van der Waals surface area contributed by atoms with Crippen molar-refractivity contribution in [1.29, 1.82) is 0 Å². The van der Waals surface area contributed by atoms with Crippen LogP contribution in [0, 0.1) is 12.7 Å². The number of aryl methyl sites for hydroxylation is 1. The van der Waals surface area contributed by atoms with E-state index in [2.05, 4.69) is 20.9 Å². The normalized spacial score (nSPS) is 11.7. The number of carbonyl (C=O) groups excluding carboxylic acids is 1. The molecular formula is C19H28FIN4O3. The summed E-state index contributed by atoms with van der Waals surface area (Å²) in [5, 5.41) is 9.65. The molecule has 9 heteroatoms. The molecule has 7 nitrogen and oxygen atoms in total. The lowest BCUT2D eigenvalue weighted by molar-refractivity contribution is 0.0529. The average Bonchev–Trinajstić information content (AvgIpc) is 2.88. The van der Waals surface area contributed by atoms with Gasteiger partial charge in [-0.3, -0.25) is 4.99 Å². The fourth-order valence-electron chi connectivity index (χ4n) is 2.46. The first-order valence-corrected chi connectivity index (χ1v) is 8.78. The molecule has 0 aliphatic carbocycles. The van der Waals surface area contributed by atoms with Crippen LogP contribution in [0.4, 0.5) is 9.18 Å². The molecule has 1 aromatic heterocycles. The van der Waals surface area contributed by atoms with Crippen LogP contribution in [0.25, 0.3) is 11.0 Å². The Morgan fingerprint density at radius 3 is 2.54 bits per heavy atom. The quantitative estimate of drug-likeness (QED) is 0.249. The Kier molecular flexibility index (Phi) is 8.99. The molecule has 0 aliphatic rings. The fourth-order valence-corrected chi connectivity index (χ4v) is 2.46. The molecule has 1 amide bonds. The number of hydrogen-bond donors (Lipinski definition) is 3. The predicted octanol–water partition coefficient (Wildman–Crippen LogP) is 3.69. The van der Waals surface area contributed by atoms with E-state index in [0.717, 1.165) is 10.9 Å². The lowest BCUT2D eigenvalue weighted by atomic mass is 10.1. The van der Waals surface area contributed by atoms with Crippen molar-refractivity contribution in [3.05, 3.63) is 35.3 Å². The van der Waals surface area contributed by atoms with Gasteiger partial charge in [0.25, 0.3) is 0 Å². The monoisotopic (exact) mass is 506 g/mol. The number of nitrogens with zero attached hydrogens (tertiary/aromatic N) is 1. The Bertz CT molecular complexity index is 830. The second-order valence-corrected chi connectivity index (χ2v) is 7.07. The summed E-state index contributed by atoms with van der Waals surface area (Å²) in [6.07, 6.45) is -0.461. The average molecular weight is 506 g/mol. The largest absolute Gasteiger partial charge is 0.459 e. The zero-order valence-corrected chi connectivity index (χ0v) is 19.1. The zero-order valence-electron chi connectivity index (χ0n) is 16.8. The molecular weight excluding hydrogens is 478 g/mol. The number of hydrogen-bond acceptors (Lipinski definition) is 4. The Labute approximate surface area is 181 Å². The zero-order chi connectivity index (χ0) is 20.0. The second kappa shape index (κ2) is 10.5. The summed E-state index contributed by atoms with van der Waals surface area (Å²) >= 11 is 0. The number of nitrogens with one attached hydrogen (secondary N) is 3. The van der Waals surface area contributed by atoms with E-state index in [4.69, 9.17) is 9.15 Å². The number of guanidine groups is 1. The molecule has 0 spiro atoms. The lowest BCUT2D eigenvalue weighted by Gasteiger charge is -2.19. The molecule has 0 aliphatic heterocycles. The highest BCUT2D eigenvalue weighted by atomic mass is 127. The maximum atomic E-state index is 13.4. The van der Waals surface area contributed by atoms with E-state index >= 15 is 0 Å². The summed E-state index contributed by atoms with van der Waals surface area (Å²) < 4.78 is 24.3. The molecule has 28 heavy (non-hydrogen) atoms. The highest BCUT2D eigenvalue weighted by Gasteiger charge is 2.15. The van der Waals surface area contributed by atoms with Crippen molar-refractivity contribution >= 4 is 47.0 Å². The van der Waals surface area contributed by atoms with Crippen LogP contribution in [0.2, 0.25) is 0 Å². The molecule has 0 bridgehead atoms. The van der Waals surface area contributed by atoms with Gasteiger partial charge in [0.05, 0.1) is 6.54 Å². The SMILES string of the molecule is CN=C(NCCNC(=O)OC(C)(C)C)NCc1oc2ccc(F)cc2c1C.I. The van der Waals surface area contributed by atoms with Gasteiger partial charge in [-0.25, -0.2) is 9.18 Å². The van der Waals surface area contributed by atoms with Gasteiger partial charge in [0.2, 0.25) is 0 Å². The predicted molar refractivity (Wildman–Crippen MR) is 119 cm³/mol. The minimum atomic E-state index is -0.525. The van der Waals surface area contributed by atoms with Gasteiger partial charge in [-0.15, -0.1) is 24.0 Å². The fraction of sp³-hybridized carbons (Fsp3) is 0.474. The highest BCUT2D eigenvalue weighted by Crippen LogP contribution is 2.25. The van der Waals surface area contributed by atoms with Crippen molar-refractivity contribution in [1.82, 2.24) is 16.0 Å². The van der Waals surface area contributed by atoms with Gasteiger partial charge in [-0.2, -0.15) is 0 Å². The smallest absolute Gasteiger partial charge is 0.407 e. The van der Waals surface area contributed by atoms with Crippen LogP contribution >= 0.6 is 24.0 Å². The van der Waals surface area contributed by atoms with Crippen LogP contribution < -0.4 is 16.0 Å². The minimum absolute atomic E-state index is 0. The Morgan fingerprint density at radius 1 is 1.21 bits per heavy atom. The molecule has 0 saturated carbocycles. The number of halogens is 2. The Morgan fingerprint density at radius 2 is 1.89 bits per heavy atom. The number of fused-ring (bicyclic) bond motifs is 1. The molecule has 2 rings (SSSR count).